The van der Waals surface area contributed by atoms with Gasteiger partial charge in [-0.25, -0.2) is 0 Å². The Morgan fingerprint density at radius 3 is 2.58 bits per heavy atom. The summed E-state index contributed by atoms with van der Waals surface area (Å²) in [5.74, 6) is -0.332. The molecule has 106 valence electrons. The summed E-state index contributed by atoms with van der Waals surface area (Å²) in [4.78, 5) is 11.5. The minimum atomic E-state index is -4.45. The van der Waals surface area contributed by atoms with Crippen molar-refractivity contribution in [1.29, 1.82) is 0 Å². The van der Waals surface area contributed by atoms with E-state index in [2.05, 4.69) is 5.32 Å². The van der Waals surface area contributed by atoms with E-state index < -0.39 is 16.7 Å². The third kappa shape index (κ3) is 5.20. The maximum Gasteiger partial charge on any atom is 0.442 e. The molecular weight excluding hydrogens is 303 g/mol. The first-order valence-electron chi connectivity index (χ1n) is 5.12. The van der Waals surface area contributed by atoms with Crippen molar-refractivity contribution in [3.05, 3.63) is 23.2 Å². The monoisotopic (exact) mass is 313 g/mol. The first kappa shape index (κ1) is 16.0. The van der Waals surface area contributed by atoms with Gasteiger partial charge < -0.3 is 10.1 Å². The van der Waals surface area contributed by atoms with Crippen molar-refractivity contribution >= 4 is 35.0 Å². The number of halogens is 4. The number of hydrogen-bond acceptors (Lipinski definition) is 3. The Bertz CT molecular complexity index is 468. The van der Waals surface area contributed by atoms with Gasteiger partial charge in [-0.05, 0) is 36.9 Å². The Morgan fingerprint density at radius 1 is 1.47 bits per heavy atom. The molecule has 1 aromatic rings. The van der Waals surface area contributed by atoms with Crippen molar-refractivity contribution in [2.75, 3.05) is 12.4 Å². The Hall–Kier alpha value is -1.08. The van der Waals surface area contributed by atoms with Gasteiger partial charge in [-0.1, -0.05) is 11.6 Å². The van der Waals surface area contributed by atoms with Crippen molar-refractivity contribution < 1.29 is 22.7 Å². The second kappa shape index (κ2) is 6.38. The Labute approximate surface area is 117 Å². The van der Waals surface area contributed by atoms with Crippen molar-refractivity contribution in [2.45, 2.75) is 17.7 Å². The summed E-state index contributed by atoms with van der Waals surface area (Å²) in [5.41, 5.74) is -4.14. The lowest BCUT2D eigenvalue weighted by Gasteiger charge is -2.14. The van der Waals surface area contributed by atoms with Gasteiger partial charge in [-0.3, -0.25) is 4.79 Å². The molecule has 0 aliphatic heterocycles. The lowest BCUT2D eigenvalue weighted by molar-refractivity contribution is -0.115. The highest BCUT2D eigenvalue weighted by molar-refractivity contribution is 8.01. The van der Waals surface area contributed by atoms with Crippen LogP contribution < -0.4 is 10.1 Å². The molecule has 1 amide bonds. The Kier molecular flexibility index (Phi) is 5.37. The van der Waals surface area contributed by atoms with Crippen LogP contribution in [-0.4, -0.2) is 23.8 Å². The SMILES string of the molecule is COc1ccc(NC(=O)C(C)SC(F)(F)F)cc1Cl. The van der Waals surface area contributed by atoms with Gasteiger partial charge in [-0.2, -0.15) is 13.2 Å². The minimum absolute atomic E-state index is 0.261. The number of carbonyl (C=O) groups excluding carboxylic acids is 1. The van der Waals surface area contributed by atoms with Crippen molar-refractivity contribution in [3.8, 4) is 5.75 Å². The van der Waals surface area contributed by atoms with Crippen LogP contribution in [0.2, 0.25) is 5.02 Å². The molecule has 0 saturated carbocycles. The topological polar surface area (TPSA) is 38.3 Å². The number of anilines is 1. The Balaban J connectivity index is 2.69. The number of rotatable bonds is 4. The number of alkyl halides is 3. The van der Waals surface area contributed by atoms with Crippen molar-refractivity contribution in [3.63, 3.8) is 0 Å². The number of amides is 1. The molecule has 0 radical (unpaired) electrons. The van der Waals surface area contributed by atoms with Crippen LogP contribution in [0.5, 0.6) is 5.75 Å². The van der Waals surface area contributed by atoms with E-state index in [-0.39, 0.29) is 16.8 Å². The maximum absolute atomic E-state index is 12.1. The van der Waals surface area contributed by atoms with Crippen molar-refractivity contribution in [1.82, 2.24) is 0 Å². The van der Waals surface area contributed by atoms with E-state index in [0.29, 0.717) is 11.4 Å². The zero-order valence-corrected chi connectivity index (χ0v) is 11.6. The third-order valence-electron chi connectivity index (χ3n) is 2.10. The molecular formula is C11H11ClF3NO2S. The number of benzene rings is 1. The molecule has 1 aromatic carbocycles. The average Bonchev–Trinajstić information content (AvgIpc) is 2.27. The molecule has 1 rings (SSSR count). The molecule has 1 N–H and O–H groups in total. The first-order chi connectivity index (χ1) is 8.73. The van der Waals surface area contributed by atoms with Crippen LogP contribution in [0.4, 0.5) is 18.9 Å². The van der Waals surface area contributed by atoms with Gasteiger partial charge >= 0.3 is 5.51 Å². The summed E-state index contributed by atoms with van der Waals surface area (Å²) in [5, 5.41) is 1.37. The van der Waals surface area contributed by atoms with Gasteiger partial charge in [0.25, 0.3) is 0 Å². The number of methoxy groups -OCH3 is 1. The predicted octanol–water partition coefficient (Wildman–Crippen LogP) is 3.93. The number of thioether (sulfide) groups is 1. The molecule has 1 atom stereocenters. The molecule has 0 aliphatic rings. The van der Waals surface area contributed by atoms with E-state index in [1.807, 2.05) is 0 Å². The lowest BCUT2D eigenvalue weighted by atomic mass is 10.3. The molecule has 0 aliphatic carbocycles. The molecule has 0 saturated heterocycles. The molecule has 1 unspecified atom stereocenters. The summed E-state index contributed by atoms with van der Waals surface area (Å²) < 4.78 is 41.3. The fraction of sp³-hybridized carbons (Fsp3) is 0.364. The van der Waals surface area contributed by atoms with Crippen LogP contribution in [-0.2, 0) is 4.79 Å². The molecule has 3 nitrogen and oxygen atoms in total. The standard InChI is InChI=1S/C11H11ClF3NO2S/c1-6(19-11(13,14)15)10(17)16-7-3-4-9(18-2)8(12)5-7/h3-6H,1-2H3,(H,16,17). The quantitative estimate of drug-likeness (QED) is 0.915. The highest BCUT2D eigenvalue weighted by atomic mass is 35.5. The second-order valence-corrected chi connectivity index (χ2v) is 5.36. The predicted molar refractivity (Wildman–Crippen MR) is 69.7 cm³/mol. The maximum atomic E-state index is 12.1. The van der Waals surface area contributed by atoms with E-state index in [9.17, 15) is 18.0 Å². The zero-order valence-electron chi connectivity index (χ0n) is 10.0. The largest absolute Gasteiger partial charge is 0.495 e. The average molecular weight is 314 g/mol. The minimum Gasteiger partial charge on any atom is -0.495 e. The molecule has 0 heterocycles. The summed E-state index contributed by atoms with van der Waals surface area (Å²) in [7, 11) is 1.43. The number of carbonyl (C=O) groups is 1. The molecule has 8 heteroatoms. The number of nitrogens with one attached hydrogen (secondary N) is 1. The van der Waals surface area contributed by atoms with Gasteiger partial charge in [0.1, 0.15) is 5.75 Å². The fourth-order valence-corrected chi connectivity index (χ4v) is 2.07. The van der Waals surface area contributed by atoms with Crippen LogP contribution in [0.15, 0.2) is 18.2 Å². The summed E-state index contributed by atoms with van der Waals surface area (Å²) >= 11 is 5.46. The summed E-state index contributed by atoms with van der Waals surface area (Å²) in [6.07, 6.45) is 0. The van der Waals surface area contributed by atoms with Crippen LogP contribution in [0.25, 0.3) is 0 Å². The smallest absolute Gasteiger partial charge is 0.442 e. The van der Waals surface area contributed by atoms with Gasteiger partial charge in [-0.15, -0.1) is 0 Å². The molecule has 19 heavy (non-hydrogen) atoms. The Morgan fingerprint density at radius 2 is 2.11 bits per heavy atom. The van der Waals surface area contributed by atoms with Gasteiger partial charge in [0.2, 0.25) is 5.91 Å². The molecule has 0 aromatic heterocycles. The molecule has 0 spiro atoms. The van der Waals surface area contributed by atoms with Crippen LogP contribution in [0, 0.1) is 0 Å². The van der Waals surface area contributed by atoms with Gasteiger partial charge in [0.05, 0.1) is 17.4 Å². The third-order valence-corrected chi connectivity index (χ3v) is 3.23. The number of hydrogen-bond donors (Lipinski definition) is 1. The van der Waals surface area contributed by atoms with Gasteiger partial charge in [0.15, 0.2) is 0 Å². The second-order valence-electron chi connectivity index (χ2n) is 3.54. The van der Waals surface area contributed by atoms with E-state index in [1.54, 1.807) is 0 Å². The van der Waals surface area contributed by atoms with Crippen LogP contribution in [0.1, 0.15) is 6.92 Å². The first-order valence-corrected chi connectivity index (χ1v) is 6.37. The van der Waals surface area contributed by atoms with E-state index in [0.717, 1.165) is 0 Å². The fourth-order valence-electron chi connectivity index (χ4n) is 1.24. The van der Waals surface area contributed by atoms with Crippen LogP contribution >= 0.6 is 23.4 Å². The molecule has 0 fully saturated rings. The lowest BCUT2D eigenvalue weighted by Crippen LogP contribution is -2.25. The van der Waals surface area contributed by atoms with Gasteiger partial charge in [0, 0.05) is 5.69 Å². The highest BCUT2D eigenvalue weighted by Crippen LogP contribution is 2.34. The van der Waals surface area contributed by atoms with E-state index >= 15 is 0 Å². The van der Waals surface area contributed by atoms with Crippen LogP contribution in [0.3, 0.4) is 0 Å². The van der Waals surface area contributed by atoms with Crippen molar-refractivity contribution in [2.24, 2.45) is 0 Å². The molecule has 0 bridgehead atoms. The highest BCUT2D eigenvalue weighted by Gasteiger charge is 2.34. The van der Waals surface area contributed by atoms with E-state index in [1.165, 1.54) is 32.2 Å². The zero-order chi connectivity index (χ0) is 14.6. The number of ether oxygens (including phenoxy) is 1. The van der Waals surface area contributed by atoms with E-state index in [4.69, 9.17) is 16.3 Å². The summed E-state index contributed by atoms with van der Waals surface area (Å²) in [6.45, 7) is 1.18. The summed E-state index contributed by atoms with van der Waals surface area (Å²) in [6, 6.07) is 4.41. The normalized spacial score (nSPS) is 12.9.